The molecule has 0 aromatic carbocycles. The van der Waals surface area contributed by atoms with Crippen molar-refractivity contribution >= 4 is 17.9 Å². The number of allylic oxidation sites excluding steroid dienone is 1. The largest absolute Gasteiger partial charge is 0.462 e. The van der Waals surface area contributed by atoms with Gasteiger partial charge in [0.25, 0.3) is 0 Å². The number of hydrogen-bond acceptors (Lipinski definition) is 6. The Hall–Kier alpha value is -1.85. The smallest absolute Gasteiger partial charge is 0.303 e. The van der Waals surface area contributed by atoms with Crippen molar-refractivity contribution in [2.45, 2.75) is 33.8 Å². The fraction of sp³-hybridized carbons (Fsp3) is 0.583. The maximum Gasteiger partial charge on any atom is 0.303 e. The van der Waals surface area contributed by atoms with Crippen molar-refractivity contribution in [1.82, 2.24) is 0 Å². The third-order valence-corrected chi connectivity index (χ3v) is 1.28. The highest BCUT2D eigenvalue weighted by Gasteiger charge is 2.15. The predicted octanol–water partition coefficient (Wildman–Crippen LogP) is 1.24. The topological polar surface area (TPSA) is 78.9 Å². The molecule has 0 aliphatic heterocycles. The SMILES string of the molecule is C=CC.CC(=O)OCC(COC(C)=O)OC(C)=O. The van der Waals surface area contributed by atoms with E-state index in [0.29, 0.717) is 0 Å². The zero-order chi connectivity index (χ0) is 14.6. The molecule has 0 saturated heterocycles. The van der Waals surface area contributed by atoms with Crippen LogP contribution in [-0.4, -0.2) is 37.2 Å². The van der Waals surface area contributed by atoms with Crippen molar-refractivity contribution in [2.24, 2.45) is 0 Å². The molecule has 0 amide bonds. The molecule has 0 rings (SSSR count). The Bertz CT molecular complexity index is 266. The summed E-state index contributed by atoms with van der Waals surface area (Å²) in [5.41, 5.74) is 0. The molecule has 6 heteroatoms. The van der Waals surface area contributed by atoms with Gasteiger partial charge in [0.15, 0.2) is 6.10 Å². The monoisotopic (exact) mass is 260 g/mol. The van der Waals surface area contributed by atoms with Crippen LogP contribution in [0.1, 0.15) is 27.7 Å². The third-order valence-electron chi connectivity index (χ3n) is 1.28. The second-order valence-corrected chi connectivity index (χ2v) is 3.24. The highest BCUT2D eigenvalue weighted by atomic mass is 16.6. The number of carbonyl (C=O) groups excluding carboxylic acids is 3. The molecule has 0 radical (unpaired) electrons. The summed E-state index contributed by atoms with van der Waals surface area (Å²) in [5, 5.41) is 0. The van der Waals surface area contributed by atoms with E-state index in [4.69, 9.17) is 4.74 Å². The molecule has 0 fully saturated rings. The van der Waals surface area contributed by atoms with Crippen LogP contribution in [-0.2, 0) is 28.6 Å². The molecule has 0 heterocycles. The van der Waals surface area contributed by atoms with Gasteiger partial charge >= 0.3 is 17.9 Å². The van der Waals surface area contributed by atoms with Crippen molar-refractivity contribution < 1.29 is 28.6 Å². The lowest BCUT2D eigenvalue weighted by Crippen LogP contribution is -2.29. The van der Waals surface area contributed by atoms with Crippen molar-refractivity contribution in [1.29, 1.82) is 0 Å². The van der Waals surface area contributed by atoms with Crippen LogP contribution in [0.15, 0.2) is 12.7 Å². The second-order valence-electron chi connectivity index (χ2n) is 3.24. The van der Waals surface area contributed by atoms with E-state index in [1.165, 1.54) is 20.8 Å². The number of rotatable bonds is 5. The summed E-state index contributed by atoms with van der Waals surface area (Å²) in [5.74, 6) is -1.51. The Kier molecular flexibility index (Phi) is 12.0. The van der Waals surface area contributed by atoms with Crippen LogP contribution in [0.25, 0.3) is 0 Å². The molecule has 6 nitrogen and oxygen atoms in total. The lowest BCUT2D eigenvalue weighted by atomic mass is 10.4. The molecular formula is C12H20O6. The van der Waals surface area contributed by atoms with Gasteiger partial charge in [0.2, 0.25) is 0 Å². The molecule has 0 unspecified atom stereocenters. The molecule has 0 aromatic rings. The van der Waals surface area contributed by atoms with Gasteiger partial charge in [-0.15, -0.1) is 6.58 Å². The van der Waals surface area contributed by atoms with Crippen molar-refractivity contribution in [3.05, 3.63) is 12.7 Å². The maximum atomic E-state index is 10.6. The van der Waals surface area contributed by atoms with E-state index in [9.17, 15) is 14.4 Å². The minimum Gasteiger partial charge on any atom is -0.462 e. The zero-order valence-corrected chi connectivity index (χ0v) is 11.2. The fourth-order valence-corrected chi connectivity index (χ4v) is 0.771. The van der Waals surface area contributed by atoms with Gasteiger partial charge in [-0.05, 0) is 6.92 Å². The van der Waals surface area contributed by atoms with Crippen LogP contribution in [0.3, 0.4) is 0 Å². The number of esters is 3. The average Bonchev–Trinajstić information content (AvgIpc) is 2.22. The quantitative estimate of drug-likeness (QED) is 0.420. The Morgan fingerprint density at radius 3 is 1.56 bits per heavy atom. The summed E-state index contributed by atoms with van der Waals surface area (Å²) < 4.78 is 14.0. The Balaban J connectivity index is 0. The fourth-order valence-electron chi connectivity index (χ4n) is 0.771. The summed E-state index contributed by atoms with van der Waals surface area (Å²) in [7, 11) is 0. The van der Waals surface area contributed by atoms with E-state index in [-0.39, 0.29) is 13.2 Å². The number of ether oxygens (including phenoxy) is 3. The normalized spacial score (nSPS) is 8.72. The van der Waals surface area contributed by atoms with E-state index in [0.717, 1.165) is 0 Å². The minimum absolute atomic E-state index is 0.123. The molecule has 104 valence electrons. The highest BCUT2D eigenvalue weighted by molar-refractivity contribution is 5.67. The van der Waals surface area contributed by atoms with Gasteiger partial charge in [-0.25, -0.2) is 0 Å². The van der Waals surface area contributed by atoms with Gasteiger partial charge < -0.3 is 14.2 Å². The zero-order valence-electron chi connectivity index (χ0n) is 11.2. The van der Waals surface area contributed by atoms with Crippen LogP contribution < -0.4 is 0 Å². The molecule has 0 bridgehead atoms. The summed E-state index contributed by atoms with van der Waals surface area (Å²) >= 11 is 0. The summed E-state index contributed by atoms with van der Waals surface area (Å²) in [6.45, 7) is 8.69. The molecule has 0 atom stereocenters. The van der Waals surface area contributed by atoms with E-state index in [1.54, 1.807) is 6.08 Å². The van der Waals surface area contributed by atoms with E-state index in [1.807, 2.05) is 6.92 Å². The van der Waals surface area contributed by atoms with Crippen LogP contribution in [0.4, 0.5) is 0 Å². The number of carbonyl (C=O) groups is 3. The van der Waals surface area contributed by atoms with E-state index < -0.39 is 24.0 Å². The van der Waals surface area contributed by atoms with Crippen LogP contribution in [0.5, 0.6) is 0 Å². The van der Waals surface area contributed by atoms with Gasteiger partial charge in [0.05, 0.1) is 0 Å². The standard InChI is InChI=1S/C9H14O6.C3H6/c1-6(10)13-4-9(15-8(3)12)5-14-7(2)11;1-3-2/h9H,4-5H2,1-3H3;3H,1H2,2H3. The minimum atomic E-state index is -0.754. The first-order valence-corrected chi connectivity index (χ1v) is 5.34. The van der Waals surface area contributed by atoms with Gasteiger partial charge in [-0.1, -0.05) is 6.08 Å². The van der Waals surface area contributed by atoms with Crippen LogP contribution >= 0.6 is 0 Å². The molecular weight excluding hydrogens is 240 g/mol. The Labute approximate surface area is 107 Å². The van der Waals surface area contributed by atoms with Crippen molar-refractivity contribution in [2.75, 3.05) is 13.2 Å². The summed E-state index contributed by atoms with van der Waals surface area (Å²) in [6, 6.07) is 0. The molecule has 18 heavy (non-hydrogen) atoms. The van der Waals surface area contributed by atoms with Crippen molar-refractivity contribution in [3.8, 4) is 0 Å². The molecule has 0 aromatic heterocycles. The predicted molar refractivity (Wildman–Crippen MR) is 64.7 cm³/mol. The Morgan fingerprint density at radius 1 is 1.00 bits per heavy atom. The summed E-state index contributed by atoms with van der Waals surface area (Å²) in [4.78, 5) is 31.6. The first kappa shape index (κ1) is 18.5. The maximum absolute atomic E-state index is 10.6. The lowest BCUT2D eigenvalue weighted by Gasteiger charge is -2.15. The molecule has 0 spiro atoms. The van der Waals surface area contributed by atoms with Gasteiger partial charge in [0, 0.05) is 20.8 Å². The van der Waals surface area contributed by atoms with Crippen molar-refractivity contribution in [3.63, 3.8) is 0 Å². The van der Waals surface area contributed by atoms with E-state index >= 15 is 0 Å². The van der Waals surface area contributed by atoms with Gasteiger partial charge in [-0.3, -0.25) is 14.4 Å². The second kappa shape index (κ2) is 11.6. The third kappa shape index (κ3) is 16.6. The average molecular weight is 260 g/mol. The van der Waals surface area contributed by atoms with E-state index in [2.05, 4.69) is 16.1 Å². The molecule has 0 N–H and O–H groups in total. The lowest BCUT2D eigenvalue weighted by molar-refractivity contribution is -0.163. The van der Waals surface area contributed by atoms with Gasteiger partial charge in [-0.2, -0.15) is 0 Å². The number of hydrogen-bond donors (Lipinski definition) is 0. The van der Waals surface area contributed by atoms with Gasteiger partial charge in [0.1, 0.15) is 13.2 Å². The molecule has 0 saturated carbocycles. The van der Waals surface area contributed by atoms with Crippen LogP contribution in [0, 0.1) is 0 Å². The molecule has 0 aliphatic rings. The first-order valence-electron chi connectivity index (χ1n) is 5.34. The molecule has 0 aliphatic carbocycles. The summed E-state index contributed by atoms with van der Waals surface area (Å²) in [6.07, 6.45) is 0.996. The Morgan fingerprint density at radius 2 is 1.33 bits per heavy atom. The van der Waals surface area contributed by atoms with Crippen LogP contribution in [0.2, 0.25) is 0 Å². The first-order chi connectivity index (χ1) is 8.33. The highest BCUT2D eigenvalue weighted by Crippen LogP contribution is 1.97.